The second kappa shape index (κ2) is 6.53. The van der Waals surface area contributed by atoms with Crippen LogP contribution < -0.4 is 10.1 Å². The van der Waals surface area contributed by atoms with Gasteiger partial charge in [-0.05, 0) is 31.5 Å². The van der Waals surface area contributed by atoms with Gasteiger partial charge >= 0.3 is 0 Å². The Morgan fingerprint density at radius 1 is 1.44 bits per heavy atom. The molecule has 0 spiro atoms. The third-order valence-electron chi connectivity index (χ3n) is 2.06. The highest BCUT2D eigenvalue weighted by molar-refractivity contribution is 9.10. The summed E-state index contributed by atoms with van der Waals surface area (Å²) < 4.78 is 5.33. The SMILES string of the molecule is CCOc1ccc(CNC(=O)C(C)Br)cc1. The summed E-state index contributed by atoms with van der Waals surface area (Å²) in [5.41, 5.74) is 1.06. The maximum absolute atomic E-state index is 11.3. The molecule has 0 radical (unpaired) electrons. The smallest absolute Gasteiger partial charge is 0.233 e. The summed E-state index contributed by atoms with van der Waals surface area (Å²) >= 11 is 3.21. The van der Waals surface area contributed by atoms with E-state index in [9.17, 15) is 4.79 Å². The lowest BCUT2D eigenvalue weighted by Gasteiger charge is -2.07. The minimum Gasteiger partial charge on any atom is -0.494 e. The van der Waals surface area contributed by atoms with Crippen LogP contribution in [0.4, 0.5) is 0 Å². The van der Waals surface area contributed by atoms with Gasteiger partial charge in [-0.1, -0.05) is 28.1 Å². The average Bonchev–Trinajstić information content (AvgIpc) is 2.28. The number of alkyl halides is 1. The molecular formula is C12H16BrNO2. The van der Waals surface area contributed by atoms with E-state index in [2.05, 4.69) is 21.2 Å². The lowest BCUT2D eigenvalue weighted by Crippen LogP contribution is -2.28. The lowest BCUT2D eigenvalue weighted by atomic mass is 10.2. The summed E-state index contributed by atoms with van der Waals surface area (Å²) in [6.45, 7) is 4.96. The Bertz CT molecular complexity index is 335. The molecule has 0 saturated carbocycles. The Morgan fingerprint density at radius 3 is 2.56 bits per heavy atom. The Labute approximate surface area is 104 Å². The van der Waals surface area contributed by atoms with Crippen molar-refractivity contribution in [2.24, 2.45) is 0 Å². The summed E-state index contributed by atoms with van der Waals surface area (Å²) in [5, 5.41) is 2.82. The van der Waals surface area contributed by atoms with Crippen molar-refractivity contribution < 1.29 is 9.53 Å². The van der Waals surface area contributed by atoms with Gasteiger partial charge in [0, 0.05) is 6.54 Å². The van der Waals surface area contributed by atoms with Crippen LogP contribution in [-0.4, -0.2) is 17.3 Å². The second-order valence-corrected chi connectivity index (χ2v) is 4.78. The van der Waals surface area contributed by atoms with E-state index in [1.54, 1.807) is 6.92 Å². The highest BCUT2D eigenvalue weighted by Crippen LogP contribution is 2.11. The van der Waals surface area contributed by atoms with Gasteiger partial charge in [-0.25, -0.2) is 0 Å². The third-order valence-corrected chi connectivity index (χ3v) is 2.48. The van der Waals surface area contributed by atoms with E-state index in [0.29, 0.717) is 13.2 Å². The Kier molecular flexibility index (Phi) is 5.32. The minimum atomic E-state index is -0.157. The molecule has 0 aromatic heterocycles. The van der Waals surface area contributed by atoms with Gasteiger partial charge in [0.2, 0.25) is 5.91 Å². The van der Waals surface area contributed by atoms with Crippen LogP contribution in [-0.2, 0) is 11.3 Å². The van der Waals surface area contributed by atoms with Crippen molar-refractivity contribution in [2.45, 2.75) is 25.2 Å². The fraction of sp³-hybridized carbons (Fsp3) is 0.417. The van der Waals surface area contributed by atoms with Crippen LogP contribution in [0.15, 0.2) is 24.3 Å². The zero-order valence-electron chi connectivity index (χ0n) is 9.50. The predicted octanol–water partition coefficient (Wildman–Crippen LogP) is 2.48. The number of hydrogen-bond donors (Lipinski definition) is 1. The summed E-state index contributed by atoms with van der Waals surface area (Å²) in [6, 6.07) is 7.71. The van der Waals surface area contributed by atoms with E-state index >= 15 is 0 Å². The van der Waals surface area contributed by atoms with Gasteiger partial charge in [0.25, 0.3) is 0 Å². The lowest BCUT2D eigenvalue weighted by molar-refractivity contribution is -0.120. The molecule has 1 amide bonds. The van der Waals surface area contributed by atoms with Gasteiger partial charge in [0.05, 0.1) is 11.4 Å². The van der Waals surface area contributed by atoms with Gasteiger partial charge < -0.3 is 10.1 Å². The van der Waals surface area contributed by atoms with Crippen molar-refractivity contribution in [1.82, 2.24) is 5.32 Å². The molecule has 0 aliphatic rings. The molecule has 1 aromatic carbocycles. The molecule has 0 heterocycles. The number of hydrogen-bond acceptors (Lipinski definition) is 2. The largest absolute Gasteiger partial charge is 0.494 e. The monoisotopic (exact) mass is 285 g/mol. The van der Waals surface area contributed by atoms with E-state index in [1.165, 1.54) is 0 Å². The number of benzene rings is 1. The Morgan fingerprint density at radius 2 is 2.06 bits per heavy atom. The molecule has 0 aliphatic carbocycles. The number of carbonyl (C=O) groups excluding carboxylic acids is 1. The summed E-state index contributed by atoms with van der Waals surface area (Å²) in [7, 11) is 0. The Hall–Kier alpha value is -1.03. The summed E-state index contributed by atoms with van der Waals surface area (Å²) in [5.74, 6) is 0.848. The topological polar surface area (TPSA) is 38.3 Å². The van der Waals surface area contributed by atoms with Crippen molar-refractivity contribution in [3.05, 3.63) is 29.8 Å². The number of amides is 1. The van der Waals surface area contributed by atoms with E-state index < -0.39 is 0 Å². The second-order valence-electron chi connectivity index (χ2n) is 3.41. The fourth-order valence-electron chi connectivity index (χ4n) is 1.20. The molecule has 3 nitrogen and oxygen atoms in total. The number of ether oxygens (including phenoxy) is 1. The zero-order valence-corrected chi connectivity index (χ0v) is 11.1. The van der Waals surface area contributed by atoms with Crippen LogP contribution >= 0.6 is 15.9 Å². The average molecular weight is 286 g/mol. The molecule has 0 aliphatic heterocycles. The fourth-order valence-corrected chi connectivity index (χ4v) is 1.36. The molecule has 4 heteroatoms. The number of carbonyl (C=O) groups is 1. The predicted molar refractivity (Wildman–Crippen MR) is 67.8 cm³/mol. The molecule has 0 fully saturated rings. The van der Waals surface area contributed by atoms with Crippen LogP contribution in [0.5, 0.6) is 5.75 Å². The van der Waals surface area contributed by atoms with E-state index in [-0.39, 0.29) is 10.7 Å². The first-order chi connectivity index (χ1) is 7.63. The highest BCUT2D eigenvalue weighted by Gasteiger charge is 2.07. The van der Waals surface area contributed by atoms with Crippen molar-refractivity contribution in [1.29, 1.82) is 0 Å². The molecule has 1 rings (SSSR count). The molecule has 0 bridgehead atoms. The van der Waals surface area contributed by atoms with E-state index in [0.717, 1.165) is 11.3 Å². The summed E-state index contributed by atoms with van der Waals surface area (Å²) in [4.78, 5) is 11.1. The first kappa shape index (κ1) is 13.0. The van der Waals surface area contributed by atoms with Crippen LogP contribution in [0.2, 0.25) is 0 Å². The molecule has 1 N–H and O–H groups in total. The molecule has 1 atom stereocenters. The van der Waals surface area contributed by atoms with Crippen molar-refractivity contribution >= 4 is 21.8 Å². The van der Waals surface area contributed by atoms with E-state index in [1.807, 2.05) is 31.2 Å². The van der Waals surface area contributed by atoms with Crippen molar-refractivity contribution in [3.63, 3.8) is 0 Å². The maximum atomic E-state index is 11.3. The minimum absolute atomic E-state index is 0.00566. The van der Waals surface area contributed by atoms with Gasteiger partial charge in [-0.2, -0.15) is 0 Å². The number of nitrogens with one attached hydrogen (secondary N) is 1. The zero-order chi connectivity index (χ0) is 12.0. The molecular weight excluding hydrogens is 270 g/mol. The van der Waals surface area contributed by atoms with Crippen LogP contribution in [0, 0.1) is 0 Å². The third kappa shape index (κ3) is 4.23. The van der Waals surface area contributed by atoms with Gasteiger partial charge in [-0.15, -0.1) is 0 Å². The van der Waals surface area contributed by atoms with Crippen LogP contribution in [0.1, 0.15) is 19.4 Å². The Balaban J connectivity index is 2.46. The first-order valence-corrected chi connectivity index (χ1v) is 6.18. The highest BCUT2D eigenvalue weighted by atomic mass is 79.9. The molecule has 1 aromatic rings. The summed E-state index contributed by atoms with van der Waals surface area (Å²) in [6.07, 6.45) is 0. The number of halogens is 1. The molecule has 1 unspecified atom stereocenters. The standard InChI is InChI=1S/C12H16BrNO2/c1-3-16-11-6-4-10(5-7-11)8-14-12(15)9(2)13/h4-7,9H,3,8H2,1-2H3,(H,14,15). The quantitative estimate of drug-likeness (QED) is 0.844. The van der Waals surface area contributed by atoms with Gasteiger partial charge in [0.1, 0.15) is 5.75 Å². The van der Waals surface area contributed by atoms with Crippen molar-refractivity contribution in [2.75, 3.05) is 6.61 Å². The number of rotatable bonds is 5. The van der Waals surface area contributed by atoms with Crippen LogP contribution in [0.3, 0.4) is 0 Å². The molecule has 0 saturated heterocycles. The normalized spacial score (nSPS) is 11.9. The van der Waals surface area contributed by atoms with Gasteiger partial charge in [-0.3, -0.25) is 4.79 Å². The van der Waals surface area contributed by atoms with Crippen molar-refractivity contribution in [3.8, 4) is 5.75 Å². The van der Waals surface area contributed by atoms with E-state index in [4.69, 9.17) is 4.74 Å². The van der Waals surface area contributed by atoms with Gasteiger partial charge in [0.15, 0.2) is 0 Å². The molecule has 88 valence electrons. The first-order valence-electron chi connectivity index (χ1n) is 5.27. The van der Waals surface area contributed by atoms with Crippen LogP contribution in [0.25, 0.3) is 0 Å². The molecule has 16 heavy (non-hydrogen) atoms. The maximum Gasteiger partial charge on any atom is 0.233 e.